The molecule has 1 aromatic carbocycles. The smallest absolute Gasteiger partial charge is 0.407 e. The summed E-state index contributed by atoms with van der Waals surface area (Å²) in [5.74, 6) is 1.41. The van der Waals surface area contributed by atoms with Crippen LogP contribution in [0.15, 0.2) is 18.2 Å². The zero-order chi connectivity index (χ0) is 19.0. The Balaban J connectivity index is 2.64. The molecular weight excluding hydrogens is 320 g/mol. The molecule has 25 heavy (non-hydrogen) atoms. The molecule has 1 rings (SSSR count). The van der Waals surface area contributed by atoms with E-state index in [2.05, 4.69) is 24.5 Å². The second kappa shape index (κ2) is 9.51. The normalized spacial score (nSPS) is 13.7. The van der Waals surface area contributed by atoms with Gasteiger partial charge in [-0.2, -0.15) is 0 Å². The van der Waals surface area contributed by atoms with E-state index in [4.69, 9.17) is 14.2 Å². The van der Waals surface area contributed by atoms with Gasteiger partial charge in [0.25, 0.3) is 0 Å². The van der Waals surface area contributed by atoms with Crippen molar-refractivity contribution in [3.8, 4) is 11.5 Å². The molecule has 142 valence electrons. The van der Waals surface area contributed by atoms with E-state index in [1.807, 2.05) is 39.0 Å². The van der Waals surface area contributed by atoms with Crippen molar-refractivity contribution in [3.05, 3.63) is 23.8 Å². The summed E-state index contributed by atoms with van der Waals surface area (Å²) >= 11 is 0. The van der Waals surface area contributed by atoms with Gasteiger partial charge in [0.15, 0.2) is 11.5 Å². The molecule has 0 spiro atoms. The monoisotopic (exact) mass is 352 g/mol. The van der Waals surface area contributed by atoms with Gasteiger partial charge in [-0.05, 0) is 51.8 Å². The maximum atomic E-state index is 11.8. The molecule has 2 N–H and O–H groups in total. The van der Waals surface area contributed by atoms with Gasteiger partial charge >= 0.3 is 6.09 Å². The van der Waals surface area contributed by atoms with Crippen LogP contribution in [-0.4, -0.2) is 38.5 Å². The lowest BCUT2D eigenvalue weighted by molar-refractivity contribution is 0.0521. The molecule has 0 radical (unpaired) electrons. The van der Waals surface area contributed by atoms with E-state index < -0.39 is 11.7 Å². The molecule has 0 fully saturated rings. The van der Waals surface area contributed by atoms with Gasteiger partial charge in [0, 0.05) is 18.6 Å². The number of methoxy groups -OCH3 is 2. The van der Waals surface area contributed by atoms with Crippen molar-refractivity contribution in [2.75, 3.05) is 20.8 Å². The Morgan fingerprint density at radius 1 is 1.16 bits per heavy atom. The number of rotatable bonds is 8. The summed E-state index contributed by atoms with van der Waals surface area (Å²) in [6, 6.07) is 6.10. The number of carbonyl (C=O) groups excluding carboxylic acids is 1. The summed E-state index contributed by atoms with van der Waals surface area (Å²) in [5, 5.41) is 6.34. The fourth-order valence-electron chi connectivity index (χ4n) is 2.41. The molecule has 0 aliphatic carbocycles. The van der Waals surface area contributed by atoms with Crippen LogP contribution < -0.4 is 20.1 Å². The maximum Gasteiger partial charge on any atom is 0.407 e. The first-order valence-corrected chi connectivity index (χ1v) is 8.65. The molecule has 1 aromatic rings. The average Bonchev–Trinajstić information content (AvgIpc) is 2.56. The topological polar surface area (TPSA) is 68.8 Å². The fourth-order valence-corrected chi connectivity index (χ4v) is 2.41. The highest BCUT2D eigenvalue weighted by Gasteiger charge is 2.18. The number of hydrogen-bond donors (Lipinski definition) is 2. The summed E-state index contributed by atoms with van der Waals surface area (Å²) in [6.45, 7) is 10.2. The third-order valence-electron chi connectivity index (χ3n) is 3.78. The number of nitrogens with one attached hydrogen (secondary N) is 2. The highest BCUT2D eigenvalue weighted by molar-refractivity contribution is 5.67. The third kappa shape index (κ3) is 7.22. The summed E-state index contributed by atoms with van der Waals surface area (Å²) in [7, 11) is 3.24. The second-order valence-electron chi connectivity index (χ2n) is 6.99. The van der Waals surface area contributed by atoms with E-state index in [0.717, 1.165) is 12.0 Å². The van der Waals surface area contributed by atoms with Gasteiger partial charge in [0.05, 0.1) is 14.2 Å². The van der Waals surface area contributed by atoms with Crippen LogP contribution in [0.2, 0.25) is 0 Å². The SMILES string of the molecule is CCC(CNC(=O)OC(C)(C)C)NC(C)c1ccc(OC)c(OC)c1. The van der Waals surface area contributed by atoms with E-state index in [0.29, 0.717) is 18.0 Å². The molecule has 2 unspecified atom stereocenters. The zero-order valence-corrected chi connectivity index (χ0v) is 16.4. The first-order chi connectivity index (χ1) is 11.7. The van der Waals surface area contributed by atoms with Crippen LogP contribution >= 0.6 is 0 Å². The van der Waals surface area contributed by atoms with E-state index >= 15 is 0 Å². The average molecular weight is 352 g/mol. The summed E-state index contributed by atoms with van der Waals surface area (Å²) < 4.78 is 15.9. The minimum atomic E-state index is -0.494. The van der Waals surface area contributed by atoms with Crippen LogP contribution in [0.4, 0.5) is 4.79 Å². The predicted molar refractivity (Wildman–Crippen MR) is 99.4 cm³/mol. The molecule has 0 heterocycles. The van der Waals surface area contributed by atoms with Crippen LogP contribution in [0.25, 0.3) is 0 Å². The fraction of sp³-hybridized carbons (Fsp3) is 0.632. The van der Waals surface area contributed by atoms with Gasteiger partial charge in [0.1, 0.15) is 5.60 Å². The minimum absolute atomic E-state index is 0.102. The molecule has 6 nitrogen and oxygen atoms in total. The van der Waals surface area contributed by atoms with Crippen LogP contribution in [0, 0.1) is 0 Å². The number of benzene rings is 1. The molecule has 0 aliphatic rings. The second-order valence-corrected chi connectivity index (χ2v) is 6.99. The molecule has 0 saturated carbocycles. The van der Waals surface area contributed by atoms with E-state index in [1.54, 1.807) is 14.2 Å². The molecular formula is C19H32N2O4. The van der Waals surface area contributed by atoms with Gasteiger partial charge in [-0.3, -0.25) is 0 Å². The number of carbonyl (C=O) groups is 1. The van der Waals surface area contributed by atoms with Crippen LogP contribution in [0.1, 0.15) is 52.6 Å². The third-order valence-corrected chi connectivity index (χ3v) is 3.78. The number of hydrogen-bond acceptors (Lipinski definition) is 5. The van der Waals surface area contributed by atoms with E-state index in [1.165, 1.54) is 0 Å². The van der Waals surface area contributed by atoms with E-state index in [-0.39, 0.29) is 12.1 Å². The largest absolute Gasteiger partial charge is 0.493 e. The van der Waals surface area contributed by atoms with Crippen molar-refractivity contribution < 1.29 is 19.0 Å². The minimum Gasteiger partial charge on any atom is -0.493 e. The highest BCUT2D eigenvalue weighted by atomic mass is 16.6. The van der Waals surface area contributed by atoms with Gasteiger partial charge in [0.2, 0.25) is 0 Å². The highest BCUT2D eigenvalue weighted by Crippen LogP contribution is 2.30. The standard InChI is InChI=1S/C19H32N2O4/c1-8-15(12-20-18(22)25-19(3,4)5)21-13(2)14-9-10-16(23-6)17(11-14)24-7/h9-11,13,15,21H,8,12H2,1-7H3,(H,20,22). The first kappa shape index (κ1) is 21.1. The Hall–Kier alpha value is -1.95. The van der Waals surface area contributed by atoms with Crippen molar-refractivity contribution >= 4 is 6.09 Å². The lowest BCUT2D eigenvalue weighted by atomic mass is 10.1. The van der Waals surface area contributed by atoms with Crippen molar-refractivity contribution in [1.29, 1.82) is 0 Å². The van der Waals surface area contributed by atoms with Gasteiger partial charge < -0.3 is 24.8 Å². The first-order valence-electron chi connectivity index (χ1n) is 8.65. The lowest BCUT2D eigenvalue weighted by Gasteiger charge is -2.25. The van der Waals surface area contributed by atoms with Gasteiger partial charge in [-0.25, -0.2) is 4.79 Å². The van der Waals surface area contributed by atoms with Crippen molar-refractivity contribution in [2.45, 2.75) is 58.7 Å². The lowest BCUT2D eigenvalue weighted by Crippen LogP contribution is -2.43. The Morgan fingerprint density at radius 3 is 2.32 bits per heavy atom. The Bertz CT molecular complexity index is 555. The number of ether oxygens (including phenoxy) is 3. The Labute approximate surface area is 151 Å². The Morgan fingerprint density at radius 2 is 1.80 bits per heavy atom. The molecule has 0 aliphatic heterocycles. The maximum absolute atomic E-state index is 11.8. The molecule has 0 bridgehead atoms. The van der Waals surface area contributed by atoms with Crippen LogP contribution in [0.3, 0.4) is 0 Å². The summed E-state index contributed by atoms with van der Waals surface area (Å²) in [5.41, 5.74) is 0.597. The molecule has 0 aromatic heterocycles. The van der Waals surface area contributed by atoms with Crippen LogP contribution in [-0.2, 0) is 4.74 Å². The molecule has 0 saturated heterocycles. The van der Waals surface area contributed by atoms with Crippen molar-refractivity contribution in [3.63, 3.8) is 0 Å². The van der Waals surface area contributed by atoms with Gasteiger partial charge in [-0.15, -0.1) is 0 Å². The van der Waals surface area contributed by atoms with Gasteiger partial charge in [-0.1, -0.05) is 13.0 Å². The predicted octanol–water partition coefficient (Wildman–Crippen LogP) is 3.66. The summed E-state index contributed by atoms with van der Waals surface area (Å²) in [6.07, 6.45) is 0.486. The van der Waals surface area contributed by atoms with Crippen LogP contribution in [0.5, 0.6) is 11.5 Å². The summed E-state index contributed by atoms with van der Waals surface area (Å²) in [4.78, 5) is 11.8. The zero-order valence-electron chi connectivity index (χ0n) is 16.4. The quantitative estimate of drug-likeness (QED) is 0.747. The Kier molecular flexibility index (Phi) is 8.03. The van der Waals surface area contributed by atoms with E-state index in [9.17, 15) is 4.79 Å². The molecule has 6 heteroatoms. The number of amides is 1. The molecule has 1 amide bonds. The van der Waals surface area contributed by atoms with Crippen molar-refractivity contribution in [2.24, 2.45) is 0 Å². The molecule has 2 atom stereocenters. The van der Waals surface area contributed by atoms with Crippen molar-refractivity contribution in [1.82, 2.24) is 10.6 Å². The number of alkyl carbamates (subject to hydrolysis) is 1.